The minimum atomic E-state index is -0.749. The minimum Gasteiger partial charge on any atom is -0.444 e. The molecule has 1 unspecified atom stereocenters. The minimum absolute atomic E-state index is 0.0953. The Balaban J connectivity index is 1.37. The Labute approximate surface area is 231 Å². The Bertz CT molecular complexity index is 1460. The van der Waals surface area contributed by atoms with Crippen molar-refractivity contribution in [3.63, 3.8) is 0 Å². The van der Waals surface area contributed by atoms with Gasteiger partial charge in [0.15, 0.2) is 0 Å². The maximum atomic E-state index is 13.1. The van der Waals surface area contributed by atoms with Gasteiger partial charge in [-0.1, -0.05) is 6.07 Å². The number of rotatable bonds is 5. The van der Waals surface area contributed by atoms with Gasteiger partial charge in [0.25, 0.3) is 5.69 Å². The van der Waals surface area contributed by atoms with Crippen molar-refractivity contribution in [2.24, 2.45) is 4.99 Å². The van der Waals surface area contributed by atoms with Crippen LogP contribution >= 0.6 is 0 Å². The summed E-state index contributed by atoms with van der Waals surface area (Å²) >= 11 is 0. The lowest BCUT2D eigenvalue weighted by Gasteiger charge is -2.36. The number of anilines is 2. The Kier molecular flexibility index (Phi) is 7.20. The van der Waals surface area contributed by atoms with Gasteiger partial charge in [0.1, 0.15) is 11.5 Å². The molecule has 2 aliphatic rings. The molecule has 3 aromatic rings. The van der Waals surface area contributed by atoms with Crippen LogP contribution in [-0.4, -0.2) is 64.3 Å². The van der Waals surface area contributed by atoms with Crippen molar-refractivity contribution in [2.75, 3.05) is 36.4 Å². The van der Waals surface area contributed by atoms with Gasteiger partial charge in [0.2, 0.25) is 5.91 Å². The third-order valence-electron chi connectivity index (χ3n) is 6.71. The lowest BCUT2D eigenvalue weighted by atomic mass is 9.91. The largest absolute Gasteiger partial charge is 0.444 e. The second-order valence-corrected chi connectivity index (χ2v) is 10.7. The fraction of sp³-hybridized carbons (Fsp3) is 0.310. The van der Waals surface area contributed by atoms with E-state index < -0.39 is 16.4 Å². The number of hydrogen-bond donors (Lipinski definition) is 1. The molecule has 1 aromatic heterocycles. The van der Waals surface area contributed by atoms with E-state index in [1.807, 2.05) is 51.1 Å². The summed E-state index contributed by atoms with van der Waals surface area (Å²) in [5, 5.41) is 14.0. The fourth-order valence-electron chi connectivity index (χ4n) is 4.80. The topological polar surface area (TPSA) is 130 Å². The van der Waals surface area contributed by atoms with Gasteiger partial charge in [-0.05, 0) is 62.7 Å². The molecule has 2 aliphatic heterocycles. The Hall–Kier alpha value is -4.80. The Morgan fingerprint density at radius 2 is 1.82 bits per heavy atom. The number of aliphatic imine (C=N–C) groups is 1. The van der Waals surface area contributed by atoms with Crippen LogP contribution in [0.1, 0.15) is 37.8 Å². The molecule has 0 saturated carbocycles. The molecule has 0 radical (unpaired) electrons. The molecule has 1 N–H and O–H groups in total. The first kappa shape index (κ1) is 26.8. The van der Waals surface area contributed by atoms with Crippen LogP contribution in [0.3, 0.4) is 0 Å². The first-order valence-corrected chi connectivity index (χ1v) is 13.0. The van der Waals surface area contributed by atoms with Crippen LogP contribution in [-0.2, 0) is 9.53 Å². The SMILES string of the molecule is CC(C)(C)OC(=O)N1CCN(c2ccc(N=C(c3cccnc3)C3C(=O)Nc4cc([N+](=O)[O-])ccc43)cc2)CC1. The third-order valence-corrected chi connectivity index (χ3v) is 6.71. The maximum absolute atomic E-state index is 13.1. The molecule has 11 heteroatoms. The molecule has 5 rings (SSSR count). The van der Waals surface area contributed by atoms with E-state index in [0.717, 1.165) is 5.69 Å². The van der Waals surface area contributed by atoms with Gasteiger partial charge in [-0.2, -0.15) is 0 Å². The number of carbonyl (C=O) groups is 2. The van der Waals surface area contributed by atoms with E-state index in [4.69, 9.17) is 9.73 Å². The standard InChI is InChI=1S/C29H30N6O5/c1-29(2,3)40-28(37)34-15-13-33(14-16-34)21-8-6-20(7-9-21)31-26(19-5-4-12-30-18-19)25-23-11-10-22(35(38)39)17-24(23)32-27(25)36/h4-12,17-18,25H,13-16H2,1-3H3,(H,32,36). The molecule has 206 valence electrons. The molecule has 0 spiro atoms. The average Bonchev–Trinajstić information content (AvgIpc) is 3.26. The quantitative estimate of drug-likeness (QED) is 0.276. The van der Waals surface area contributed by atoms with E-state index in [0.29, 0.717) is 54.4 Å². The summed E-state index contributed by atoms with van der Waals surface area (Å²) in [4.78, 5) is 49.2. The van der Waals surface area contributed by atoms with E-state index in [-0.39, 0.29) is 17.7 Å². The first-order valence-electron chi connectivity index (χ1n) is 13.0. The normalized spacial score (nSPS) is 17.3. The molecule has 0 aliphatic carbocycles. The molecule has 1 saturated heterocycles. The fourth-order valence-corrected chi connectivity index (χ4v) is 4.80. The number of nitrogens with zero attached hydrogens (tertiary/aromatic N) is 5. The van der Waals surface area contributed by atoms with Crippen LogP contribution in [0.25, 0.3) is 0 Å². The first-order chi connectivity index (χ1) is 19.1. The highest BCUT2D eigenvalue weighted by atomic mass is 16.6. The predicted octanol–water partition coefficient (Wildman–Crippen LogP) is 4.90. The number of non-ortho nitro benzene ring substituents is 1. The number of nitro benzene ring substituents is 1. The van der Waals surface area contributed by atoms with Crippen molar-refractivity contribution in [1.29, 1.82) is 0 Å². The zero-order valence-corrected chi connectivity index (χ0v) is 22.5. The highest BCUT2D eigenvalue weighted by Crippen LogP contribution is 2.38. The second-order valence-electron chi connectivity index (χ2n) is 10.7. The zero-order valence-electron chi connectivity index (χ0n) is 22.5. The van der Waals surface area contributed by atoms with Gasteiger partial charge in [-0.25, -0.2) is 4.79 Å². The van der Waals surface area contributed by atoms with Crippen LogP contribution in [0.5, 0.6) is 0 Å². The monoisotopic (exact) mass is 542 g/mol. The van der Waals surface area contributed by atoms with Crippen molar-refractivity contribution in [1.82, 2.24) is 9.88 Å². The number of nitrogens with one attached hydrogen (secondary N) is 1. The van der Waals surface area contributed by atoms with Crippen LogP contribution < -0.4 is 10.2 Å². The van der Waals surface area contributed by atoms with Crippen LogP contribution in [0.4, 0.5) is 27.5 Å². The highest BCUT2D eigenvalue weighted by molar-refractivity contribution is 6.24. The zero-order chi connectivity index (χ0) is 28.4. The number of pyridine rings is 1. The van der Waals surface area contributed by atoms with Crippen molar-refractivity contribution < 1.29 is 19.2 Å². The number of aromatic nitrogens is 1. The molecule has 11 nitrogen and oxygen atoms in total. The van der Waals surface area contributed by atoms with Gasteiger partial charge in [-0.15, -0.1) is 0 Å². The molecule has 2 aromatic carbocycles. The van der Waals surface area contributed by atoms with Gasteiger partial charge in [0, 0.05) is 62.0 Å². The van der Waals surface area contributed by atoms with Gasteiger partial charge < -0.3 is 19.9 Å². The predicted molar refractivity (Wildman–Crippen MR) is 151 cm³/mol. The van der Waals surface area contributed by atoms with Crippen LogP contribution in [0.15, 0.2) is 72.0 Å². The third kappa shape index (κ3) is 5.78. The average molecular weight is 543 g/mol. The van der Waals surface area contributed by atoms with Gasteiger partial charge in [0.05, 0.1) is 22.0 Å². The summed E-state index contributed by atoms with van der Waals surface area (Å²) in [6, 6.07) is 15.7. The van der Waals surface area contributed by atoms with Crippen molar-refractivity contribution >= 4 is 40.5 Å². The van der Waals surface area contributed by atoms with E-state index >= 15 is 0 Å². The molecular formula is C29H30N6O5. The number of hydrogen-bond acceptors (Lipinski definition) is 8. The van der Waals surface area contributed by atoms with Crippen molar-refractivity contribution in [2.45, 2.75) is 32.3 Å². The Morgan fingerprint density at radius 3 is 2.45 bits per heavy atom. The van der Waals surface area contributed by atoms with Crippen LogP contribution in [0.2, 0.25) is 0 Å². The van der Waals surface area contributed by atoms with E-state index in [1.165, 1.54) is 12.1 Å². The number of benzene rings is 2. The molecule has 1 fully saturated rings. The molecule has 3 heterocycles. The maximum Gasteiger partial charge on any atom is 0.410 e. The number of piperazine rings is 1. The summed E-state index contributed by atoms with van der Waals surface area (Å²) in [7, 11) is 0. The molecular weight excluding hydrogens is 512 g/mol. The lowest BCUT2D eigenvalue weighted by Crippen LogP contribution is -2.50. The van der Waals surface area contributed by atoms with E-state index in [2.05, 4.69) is 15.2 Å². The number of carbonyl (C=O) groups excluding carboxylic acids is 2. The number of amides is 2. The number of fused-ring (bicyclic) bond motifs is 1. The molecule has 2 amide bonds. The second kappa shape index (κ2) is 10.8. The van der Waals surface area contributed by atoms with Crippen molar-refractivity contribution in [3.8, 4) is 0 Å². The number of ether oxygens (including phenoxy) is 1. The highest BCUT2D eigenvalue weighted by Gasteiger charge is 2.36. The molecule has 1 atom stereocenters. The summed E-state index contributed by atoms with van der Waals surface area (Å²) < 4.78 is 5.49. The smallest absolute Gasteiger partial charge is 0.410 e. The lowest BCUT2D eigenvalue weighted by molar-refractivity contribution is -0.384. The molecule has 40 heavy (non-hydrogen) atoms. The number of nitro groups is 1. The van der Waals surface area contributed by atoms with Gasteiger partial charge in [-0.3, -0.25) is 24.9 Å². The Morgan fingerprint density at radius 1 is 1.10 bits per heavy atom. The van der Waals surface area contributed by atoms with E-state index in [9.17, 15) is 19.7 Å². The van der Waals surface area contributed by atoms with Crippen LogP contribution in [0, 0.1) is 10.1 Å². The van der Waals surface area contributed by atoms with Gasteiger partial charge >= 0.3 is 6.09 Å². The summed E-state index contributed by atoms with van der Waals surface area (Å²) in [6.07, 6.45) is 2.99. The molecule has 0 bridgehead atoms. The summed E-state index contributed by atoms with van der Waals surface area (Å²) in [6.45, 7) is 8.04. The van der Waals surface area contributed by atoms with Crippen molar-refractivity contribution in [3.05, 3.63) is 88.2 Å². The summed E-state index contributed by atoms with van der Waals surface area (Å²) in [5.74, 6) is -1.06. The van der Waals surface area contributed by atoms with E-state index in [1.54, 1.807) is 29.4 Å². The summed E-state index contributed by atoms with van der Waals surface area (Å²) in [5.41, 5.74) is 3.23.